The molecule has 0 atom stereocenters. The van der Waals surface area contributed by atoms with Gasteiger partial charge in [-0.05, 0) is 25.1 Å². The molecule has 0 spiro atoms. The van der Waals surface area contributed by atoms with Crippen LogP contribution in [0.2, 0.25) is 5.02 Å². The summed E-state index contributed by atoms with van der Waals surface area (Å²) in [5, 5.41) is -0.0978. The number of carbonyl (C=O) groups is 1. The molecule has 1 saturated heterocycles. The molecule has 1 aromatic carbocycles. The number of alkyl halides is 1. The zero-order valence-corrected chi connectivity index (χ0v) is 12.6. The van der Waals surface area contributed by atoms with Gasteiger partial charge in [0, 0.05) is 32.1 Å². The van der Waals surface area contributed by atoms with Crippen LogP contribution in [0.25, 0.3) is 0 Å². The summed E-state index contributed by atoms with van der Waals surface area (Å²) in [5.74, 6) is -0.178. The lowest BCUT2D eigenvalue weighted by molar-refractivity contribution is 0.0761. The second kappa shape index (κ2) is 7.25. The van der Waals surface area contributed by atoms with Crippen LogP contribution in [-0.2, 0) is 0 Å². The Hall–Kier alpha value is -0.840. The van der Waals surface area contributed by atoms with Gasteiger partial charge in [0.25, 0.3) is 5.91 Å². The molecule has 0 N–H and O–H groups in total. The van der Waals surface area contributed by atoms with Gasteiger partial charge in [0.15, 0.2) is 0 Å². The highest BCUT2D eigenvalue weighted by molar-refractivity contribution is 6.34. The van der Waals surface area contributed by atoms with Crippen LogP contribution in [0.4, 0.5) is 4.39 Å². The summed E-state index contributed by atoms with van der Waals surface area (Å²) in [5.41, 5.74) is 0.234. The molecule has 1 aromatic rings. The number of benzene rings is 1. The molecule has 110 valence electrons. The molecule has 6 heteroatoms. The predicted octanol–water partition coefficient (Wildman–Crippen LogP) is 2.87. The maximum absolute atomic E-state index is 13.4. The standard InChI is InChI=1S/C14H17Cl2FN2O/c15-5-8-18-6-2-7-19(10-9-18)14(20)11-3-1-4-12(17)13(11)16/h1,3-4H,2,5-10H2. The van der Waals surface area contributed by atoms with Crippen LogP contribution in [0.15, 0.2) is 18.2 Å². The van der Waals surface area contributed by atoms with E-state index in [1.54, 1.807) is 11.0 Å². The van der Waals surface area contributed by atoms with E-state index in [0.29, 0.717) is 19.0 Å². The molecule has 2 rings (SSSR count). The maximum atomic E-state index is 13.4. The van der Waals surface area contributed by atoms with Gasteiger partial charge < -0.3 is 9.80 Å². The molecule has 1 fully saturated rings. The van der Waals surface area contributed by atoms with Gasteiger partial charge in [0.05, 0.1) is 10.6 Å². The van der Waals surface area contributed by atoms with Crippen molar-refractivity contribution in [1.29, 1.82) is 0 Å². The summed E-state index contributed by atoms with van der Waals surface area (Å²) < 4.78 is 13.4. The topological polar surface area (TPSA) is 23.6 Å². The minimum Gasteiger partial charge on any atom is -0.337 e. The molecule has 1 heterocycles. The minimum absolute atomic E-state index is 0.0978. The molecular weight excluding hydrogens is 302 g/mol. The van der Waals surface area contributed by atoms with Gasteiger partial charge in [-0.3, -0.25) is 4.79 Å². The van der Waals surface area contributed by atoms with Crippen LogP contribution in [-0.4, -0.2) is 54.3 Å². The van der Waals surface area contributed by atoms with Crippen LogP contribution < -0.4 is 0 Å². The van der Waals surface area contributed by atoms with Crippen molar-refractivity contribution >= 4 is 29.1 Å². The first-order valence-electron chi connectivity index (χ1n) is 6.65. The first-order chi connectivity index (χ1) is 9.63. The average molecular weight is 319 g/mol. The number of hydrogen-bond acceptors (Lipinski definition) is 2. The van der Waals surface area contributed by atoms with E-state index in [9.17, 15) is 9.18 Å². The Morgan fingerprint density at radius 2 is 2.05 bits per heavy atom. The third kappa shape index (κ3) is 3.62. The smallest absolute Gasteiger partial charge is 0.255 e. The summed E-state index contributed by atoms with van der Waals surface area (Å²) in [4.78, 5) is 16.4. The number of rotatable bonds is 3. The second-order valence-corrected chi connectivity index (χ2v) is 5.53. The van der Waals surface area contributed by atoms with Crippen molar-refractivity contribution in [2.45, 2.75) is 6.42 Å². The van der Waals surface area contributed by atoms with E-state index in [-0.39, 0.29) is 16.5 Å². The Labute approximate surface area is 128 Å². The fraction of sp³-hybridized carbons (Fsp3) is 0.500. The lowest BCUT2D eigenvalue weighted by atomic mass is 10.2. The Kier molecular flexibility index (Phi) is 5.64. The van der Waals surface area contributed by atoms with Gasteiger partial charge in [-0.25, -0.2) is 4.39 Å². The lowest BCUT2D eigenvalue weighted by Gasteiger charge is -2.22. The van der Waals surface area contributed by atoms with Crippen molar-refractivity contribution in [3.05, 3.63) is 34.6 Å². The van der Waals surface area contributed by atoms with Crippen molar-refractivity contribution < 1.29 is 9.18 Å². The van der Waals surface area contributed by atoms with Gasteiger partial charge in [-0.1, -0.05) is 17.7 Å². The van der Waals surface area contributed by atoms with E-state index < -0.39 is 5.82 Å². The second-order valence-electron chi connectivity index (χ2n) is 4.78. The highest BCUT2D eigenvalue weighted by atomic mass is 35.5. The predicted molar refractivity (Wildman–Crippen MR) is 79.1 cm³/mol. The van der Waals surface area contributed by atoms with Crippen molar-refractivity contribution in [2.75, 3.05) is 38.6 Å². The number of nitrogens with zero attached hydrogens (tertiary/aromatic N) is 2. The number of amides is 1. The van der Waals surface area contributed by atoms with Gasteiger partial charge in [0.1, 0.15) is 5.82 Å². The molecule has 1 aliphatic rings. The first-order valence-corrected chi connectivity index (χ1v) is 7.56. The van der Waals surface area contributed by atoms with E-state index >= 15 is 0 Å². The fourth-order valence-electron chi connectivity index (χ4n) is 2.36. The number of carbonyl (C=O) groups excluding carboxylic acids is 1. The molecule has 0 saturated carbocycles. The molecular formula is C14H17Cl2FN2O. The normalized spacial score (nSPS) is 17.1. The monoisotopic (exact) mass is 318 g/mol. The molecule has 0 radical (unpaired) electrons. The van der Waals surface area contributed by atoms with Crippen LogP contribution >= 0.6 is 23.2 Å². The molecule has 0 bridgehead atoms. The van der Waals surface area contributed by atoms with E-state index in [1.165, 1.54) is 12.1 Å². The Bertz CT molecular complexity index is 484. The third-order valence-electron chi connectivity index (χ3n) is 3.46. The van der Waals surface area contributed by atoms with E-state index in [4.69, 9.17) is 23.2 Å². The maximum Gasteiger partial charge on any atom is 0.255 e. The molecule has 1 aliphatic heterocycles. The molecule has 0 unspecified atom stereocenters. The largest absolute Gasteiger partial charge is 0.337 e. The van der Waals surface area contributed by atoms with Gasteiger partial charge in [0.2, 0.25) is 0 Å². The van der Waals surface area contributed by atoms with Crippen molar-refractivity contribution in [2.24, 2.45) is 0 Å². The highest BCUT2D eigenvalue weighted by Gasteiger charge is 2.22. The van der Waals surface area contributed by atoms with Crippen LogP contribution in [0.5, 0.6) is 0 Å². The van der Waals surface area contributed by atoms with Crippen molar-refractivity contribution in [1.82, 2.24) is 9.80 Å². The van der Waals surface area contributed by atoms with E-state index in [2.05, 4.69) is 4.90 Å². The summed E-state index contributed by atoms with van der Waals surface area (Å²) in [6.45, 7) is 3.80. The first kappa shape index (κ1) is 15.5. The molecule has 3 nitrogen and oxygen atoms in total. The van der Waals surface area contributed by atoms with Crippen LogP contribution in [0.1, 0.15) is 16.8 Å². The number of hydrogen-bond donors (Lipinski definition) is 0. The average Bonchev–Trinajstić information content (AvgIpc) is 2.67. The molecule has 20 heavy (non-hydrogen) atoms. The van der Waals surface area contributed by atoms with Gasteiger partial charge >= 0.3 is 0 Å². The SMILES string of the molecule is O=C(c1cccc(F)c1Cl)N1CCCN(CCCl)CC1. The van der Waals surface area contributed by atoms with Crippen LogP contribution in [0.3, 0.4) is 0 Å². The zero-order chi connectivity index (χ0) is 14.5. The Balaban J connectivity index is 2.07. The molecule has 1 amide bonds. The molecule has 0 aromatic heterocycles. The summed E-state index contributed by atoms with van der Waals surface area (Å²) in [7, 11) is 0. The van der Waals surface area contributed by atoms with Crippen molar-refractivity contribution in [3.63, 3.8) is 0 Å². The molecule has 0 aliphatic carbocycles. The zero-order valence-electron chi connectivity index (χ0n) is 11.1. The highest BCUT2D eigenvalue weighted by Crippen LogP contribution is 2.21. The minimum atomic E-state index is -0.559. The van der Waals surface area contributed by atoms with Gasteiger partial charge in [-0.15, -0.1) is 11.6 Å². The van der Waals surface area contributed by atoms with Gasteiger partial charge in [-0.2, -0.15) is 0 Å². The third-order valence-corrected chi connectivity index (χ3v) is 4.01. The Morgan fingerprint density at radius 3 is 2.80 bits per heavy atom. The summed E-state index contributed by atoms with van der Waals surface area (Å²) in [6, 6.07) is 4.32. The van der Waals surface area contributed by atoms with Crippen molar-refractivity contribution in [3.8, 4) is 0 Å². The fourth-order valence-corrected chi connectivity index (χ4v) is 2.80. The van der Waals surface area contributed by atoms with Crippen LogP contribution in [0, 0.1) is 5.82 Å². The van der Waals surface area contributed by atoms with E-state index in [0.717, 1.165) is 26.1 Å². The lowest BCUT2D eigenvalue weighted by Crippen LogP contribution is -2.35. The summed E-state index contributed by atoms with van der Waals surface area (Å²) in [6.07, 6.45) is 0.884. The van der Waals surface area contributed by atoms with E-state index in [1.807, 2.05) is 0 Å². The number of halogens is 3. The summed E-state index contributed by atoms with van der Waals surface area (Å²) >= 11 is 11.6. The quantitative estimate of drug-likeness (QED) is 0.800. The Morgan fingerprint density at radius 1 is 1.25 bits per heavy atom.